The Morgan fingerprint density at radius 2 is 1.91 bits per heavy atom. The van der Waals surface area contributed by atoms with E-state index in [0.29, 0.717) is 6.04 Å². The van der Waals surface area contributed by atoms with E-state index in [0.717, 1.165) is 6.54 Å². The molecule has 1 nitrogen and oxygen atoms in total. The molecule has 0 aliphatic heterocycles. The molecule has 60 valence electrons. The Balaban J connectivity index is 2.61. The third-order valence-corrected chi connectivity index (χ3v) is 1.81. The molecule has 1 aromatic rings. The highest BCUT2D eigenvalue weighted by molar-refractivity contribution is 5.17. The average Bonchev–Trinajstić information content (AvgIpc) is 2.07. The summed E-state index contributed by atoms with van der Waals surface area (Å²) in [6, 6.07) is 11.0. The van der Waals surface area contributed by atoms with E-state index >= 15 is 0 Å². The van der Waals surface area contributed by atoms with Crippen LogP contribution in [0.15, 0.2) is 30.3 Å². The summed E-state index contributed by atoms with van der Waals surface area (Å²) < 4.78 is 0. The van der Waals surface area contributed by atoms with Gasteiger partial charge in [-0.25, -0.2) is 0 Å². The van der Waals surface area contributed by atoms with Gasteiger partial charge >= 0.3 is 0 Å². The minimum atomic E-state index is 0.473. The highest BCUT2D eigenvalue weighted by Gasteiger charge is 1.99. The molecule has 1 N–H and O–H groups in total. The standard InChI is InChI=1S/C10H15N/c1-3-11-9(2)10-7-5-4-6-8-10/h4-9,11H,3H2,1-2H3. The molecule has 11 heavy (non-hydrogen) atoms. The van der Waals surface area contributed by atoms with Crippen molar-refractivity contribution in [2.24, 2.45) is 0 Å². The lowest BCUT2D eigenvalue weighted by molar-refractivity contribution is 0.598. The van der Waals surface area contributed by atoms with E-state index in [2.05, 4.69) is 43.4 Å². The maximum Gasteiger partial charge on any atom is 0.0291 e. The molecular formula is C10H15N. The zero-order valence-corrected chi connectivity index (χ0v) is 7.17. The fourth-order valence-corrected chi connectivity index (χ4v) is 1.17. The molecule has 0 aliphatic rings. The lowest BCUT2D eigenvalue weighted by Crippen LogP contribution is -2.17. The van der Waals surface area contributed by atoms with Crippen LogP contribution in [0.4, 0.5) is 0 Å². The summed E-state index contributed by atoms with van der Waals surface area (Å²) in [6.45, 7) is 5.33. The molecule has 1 heteroatoms. The van der Waals surface area contributed by atoms with Gasteiger partial charge in [-0.05, 0) is 19.0 Å². The van der Waals surface area contributed by atoms with Crippen molar-refractivity contribution in [3.05, 3.63) is 35.9 Å². The van der Waals surface area contributed by atoms with Gasteiger partial charge in [-0.3, -0.25) is 0 Å². The Bertz CT molecular complexity index is 193. The lowest BCUT2D eigenvalue weighted by atomic mass is 10.1. The maximum absolute atomic E-state index is 3.36. The van der Waals surface area contributed by atoms with E-state index in [-0.39, 0.29) is 0 Å². The van der Waals surface area contributed by atoms with Gasteiger partial charge in [0.2, 0.25) is 0 Å². The summed E-state index contributed by atoms with van der Waals surface area (Å²) in [4.78, 5) is 0. The molecule has 0 amide bonds. The summed E-state index contributed by atoms with van der Waals surface area (Å²) in [6.07, 6.45) is 0. The van der Waals surface area contributed by atoms with Gasteiger partial charge in [-0.15, -0.1) is 0 Å². The van der Waals surface area contributed by atoms with Gasteiger partial charge in [-0.2, -0.15) is 0 Å². The summed E-state index contributed by atoms with van der Waals surface area (Å²) in [5.41, 5.74) is 1.36. The van der Waals surface area contributed by atoms with Gasteiger partial charge in [0.1, 0.15) is 0 Å². The van der Waals surface area contributed by atoms with Crippen molar-refractivity contribution in [1.29, 1.82) is 0 Å². The van der Waals surface area contributed by atoms with Crippen molar-refractivity contribution in [2.75, 3.05) is 6.54 Å². The van der Waals surface area contributed by atoms with Crippen molar-refractivity contribution in [3.8, 4) is 0 Å². The first-order valence-electron chi connectivity index (χ1n) is 4.13. The van der Waals surface area contributed by atoms with Crippen molar-refractivity contribution < 1.29 is 0 Å². The van der Waals surface area contributed by atoms with Gasteiger partial charge in [0.05, 0.1) is 0 Å². The predicted molar refractivity (Wildman–Crippen MR) is 48.5 cm³/mol. The maximum atomic E-state index is 3.36. The van der Waals surface area contributed by atoms with E-state index in [1.54, 1.807) is 0 Å². The Hall–Kier alpha value is -0.820. The Labute approximate surface area is 68.4 Å². The number of rotatable bonds is 3. The molecule has 0 radical (unpaired) electrons. The normalized spacial score (nSPS) is 12.9. The third-order valence-electron chi connectivity index (χ3n) is 1.81. The van der Waals surface area contributed by atoms with Crippen LogP contribution in [0.3, 0.4) is 0 Å². The summed E-state index contributed by atoms with van der Waals surface area (Å²) >= 11 is 0. The average molecular weight is 149 g/mol. The molecule has 0 saturated heterocycles. The topological polar surface area (TPSA) is 12.0 Å². The molecule has 0 fully saturated rings. The molecule has 0 spiro atoms. The number of hydrogen-bond acceptors (Lipinski definition) is 1. The first-order valence-corrected chi connectivity index (χ1v) is 4.13. The van der Waals surface area contributed by atoms with Crippen molar-refractivity contribution in [2.45, 2.75) is 19.9 Å². The Morgan fingerprint density at radius 1 is 1.27 bits per heavy atom. The van der Waals surface area contributed by atoms with Crippen molar-refractivity contribution in [3.63, 3.8) is 0 Å². The van der Waals surface area contributed by atoms with Crippen LogP contribution in [0.5, 0.6) is 0 Å². The Kier molecular flexibility index (Phi) is 3.12. The minimum absolute atomic E-state index is 0.473. The molecule has 1 unspecified atom stereocenters. The van der Waals surface area contributed by atoms with E-state index in [9.17, 15) is 0 Å². The van der Waals surface area contributed by atoms with Crippen LogP contribution in [0, 0.1) is 0 Å². The van der Waals surface area contributed by atoms with Gasteiger partial charge in [0, 0.05) is 6.04 Å². The highest BCUT2D eigenvalue weighted by Crippen LogP contribution is 2.09. The van der Waals surface area contributed by atoms with Gasteiger partial charge < -0.3 is 5.32 Å². The van der Waals surface area contributed by atoms with Crippen molar-refractivity contribution in [1.82, 2.24) is 5.32 Å². The molecule has 1 aromatic carbocycles. The van der Waals surface area contributed by atoms with Gasteiger partial charge in [0.25, 0.3) is 0 Å². The molecule has 1 rings (SSSR count). The van der Waals surface area contributed by atoms with Crippen LogP contribution in [0.25, 0.3) is 0 Å². The first kappa shape index (κ1) is 8.28. The van der Waals surface area contributed by atoms with E-state index in [1.807, 2.05) is 6.07 Å². The van der Waals surface area contributed by atoms with Crippen molar-refractivity contribution >= 4 is 0 Å². The number of nitrogens with one attached hydrogen (secondary N) is 1. The molecule has 0 aromatic heterocycles. The number of benzene rings is 1. The molecule has 0 saturated carbocycles. The zero-order chi connectivity index (χ0) is 8.10. The second-order valence-corrected chi connectivity index (χ2v) is 2.69. The molecule has 0 heterocycles. The number of hydrogen-bond donors (Lipinski definition) is 1. The summed E-state index contributed by atoms with van der Waals surface area (Å²) in [7, 11) is 0. The van der Waals surface area contributed by atoms with Crippen LogP contribution in [0.2, 0.25) is 0 Å². The van der Waals surface area contributed by atoms with Crippen LogP contribution in [0.1, 0.15) is 25.5 Å². The molecule has 0 bridgehead atoms. The molecule has 0 aliphatic carbocycles. The lowest BCUT2D eigenvalue weighted by Gasteiger charge is -2.11. The van der Waals surface area contributed by atoms with E-state index in [1.165, 1.54) is 5.56 Å². The van der Waals surface area contributed by atoms with E-state index in [4.69, 9.17) is 0 Å². The monoisotopic (exact) mass is 149 g/mol. The van der Waals surface area contributed by atoms with Gasteiger partial charge in [-0.1, -0.05) is 37.3 Å². The second-order valence-electron chi connectivity index (χ2n) is 2.69. The largest absolute Gasteiger partial charge is 0.310 e. The summed E-state index contributed by atoms with van der Waals surface area (Å²) in [5.74, 6) is 0. The van der Waals surface area contributed by atoms with E-state index < -0.39 is 0 Å². The predicted octanol–water partition coefficient (Wildman–Crippen LogP) is 2.36. The molecular weight excluding hydrogens is 134 g/mol. The van der Waals surface area contributed by atoms with Crippen LogP contribution < -0.4 is 5.32 Å². The van der Waals surface area contributed by atoms with Crippen LogP contribution in [-0.4, -0.2) is 6.54 Å². The van der Waals surface area contributed by atoms with Crippen LogP contribution in [-0.2, 0) is 0 Å². The highest BCUT2D eigenvalue weighted by atomic mass is 14.9. The molecule has 1 atom stereocenters. The quantitative estimate of drug-likeness (QED) is 0.695. The minimum Gasteiger partial charge on any atom is -0.310 e. The SMILES string of the molecule is CCNC(C)c1ccccc1. The third kappa shape index (κ3) is 2.35. The summed E-state index contributed by atoms with van der Waals surface area (Å²) in [5, 5.41) is 3.36. The Morgan fingerprint density at radius 3 is 2.45 bits per heavy atom. The van der Waals surface area contributed by atoms with Crippen LogP contribution >= 0.6 is 0 Å². The second kappa shape index (κ2) is 4.14. The fraction of sp³-hybridized carbons (Fsp3) is 0.400. The zero-order valence-electron chi connectivity index (χ0n) is 7.17. The van der Waals surface area contributed by atoms with Gasteiger partial charge in [0.15, 0.2) is 0 Å². The first-order chi connectivity index (χ1) is 5.34. The smallest absolute Gasteiger partial charge is 0.0291 e. The fourth-order valence-electron chi connectivity index (χ4n) is 1.17.